The number of likely N-dealkylation sites (tertiary alicyclic amines) is 1. The minimum Gasteiger partial charge on any atom is -0.486 e. The van der Waals surface area contributed by atoms with Gasteiger partial charge in [-0.25, -0.2) is 0 Å². The number of aromatic nitrogens is 3. The molecule has 5 rings (SSSR count). The molecule has 32 heavy (non-hydrogen) atoms. The molecule has 7 nitrogen and oxygen atoms in total. The highest BCUT2D eigenvalue weighted by Crippen LogP contribution is 2.38. The fraction of sp³-hybridized carbons (Fsp3) is 0.375. The van der Waals surface area contributed by atoms with Crippen molar-refractivity contribution in [3.63, 3.8) is 0 Å². The van der Waals surface area contributed by atoms with Crippen LogP contribution in [0, 0.1) is 13.8 Å². The molecule has 0 bridgehead atoms. The number of fused-ring (bicyclic) bond motifs is 1. The quantitative estimate of drug-likeness (QED) is 0.545. The van der Waals surface area contributed by atoms with E-state index in [1.807, 2.05) is 40.7 Å². The van der Waals surface area contributed by atoms with Gasteiger partial charge in [-0.15, -0.1) is 10.2 Å². The molecular formula is C24H26N4O3S. The van der Waals surface area contributed by atoms with E-state index < -0.39 is 0 Å². The van der Waals surface area contributed by atoms with Crippen LogP contribution in [0.5, 0.6) is 11.5 Å². The number of nitrogens with zero attached hydrogens (tertiary/aromatic N) is 4. The molecule has 2 aromatic carbocycles. The molecule has 1 fully saturated rings. The predicted octanol–water partition coefficient (Wildman–Crippen LogP) is 4.11. The first kappa shape index (κ1) is 20.9. The number of benzene rings is 2. The molecule has 8 heteroatoms. The van der Waals surface area contributed by atoms with Gasteiger partial charge in [0.1, 0.15) is 19.0 Å². The van der Waals surface area contributed by atoms with Gasteiger partial charge in [0.15, 0.2) is 16.7 Å². The summed E-state index contributed by atoms with van der Waals surface area (Å²) in [6.45, 7) is 5.90. The van der Waals surface area contributed by atoms with E-state index in [1.165, 1.54) is 11.8 Å². The molecule has 3 aromatic rings. The number of para-hydroxylation sites is 1. The number of amides is 1. The molecular weight excluding hydrogens is 424 g/mol. The number of hydrogen-bond acceptors (Lipinski definition) is 6. The summed E-state index contributed by atoms with van der Waals surface area (Å²) in [4.78, 5) is 15.2. The Hall–Kier alpha value is -3.00. The third-order valence-electron chi connectivity index (χ3n) is 6.00. The Kier molecular flexibility index (Phi) is 5.78. The number of thioether (sulfide) groups is 1. The van der Waals surface area contributed by atoms with Crippen LogP contribution in [-0.2, 0) is 4.79 Å². The maximum absolute atomic E-state index is 13.2. The van der Waals surface area contributed by atoms with Crippen molar-refractivity contribution in [2.24, 2.45) is 0 Å². The summed E-state index contributed by atoms with van der Waals surface area (Å²) < 4.78 is 13.4. The van der Waals surface area contributed by atoms with Gasteiger partial charge in [0.25, 0.3) is 0 Å². The van der Waals surface area contributed by atoms with Gasteiger partial charge in [-0.3, -0.25) is 9.36 Å². The van der Waals surface area contributed by atoms with Crippen LogP contribution in [-0.4, -0.2) is 51.1 Å². The summed E-state index contributed by atoms with van der Waals surface area (Å²) in [5, 5.41) is 9.32. The third-order valence-corrected chi connectivity index (χ3v) is 6.91. The first-order valence-corrected chi connectivity index (χ1v) is 11.9. The Bertz CT molecular complexity index is 1150. The number of carbonyl (C=O) groups excluding carboxylic acids is 1. The molecule has 2 aliphatic heterocycles. The van der Waals surface area contributed by atoms with Crippen LogP contribution in [0.3, 0.4) is 0 Å². The van der Waals surface area contributed by atoms with Crippen molar-refractivity contribution >= 4 is 17.7 Å². The molecule has 1 atom stereocenters. The van der Waals surface area contributed by atoms with E-state index >= 15 is 0 Å². The van der Waals surface area contributed by atoms with Crippen LogP contribution in [0.25, 0.3) is 5.69 Å². The van der Waals surface area contributed by atoms with Crippen LogP contribution in [0.2, 0.25) is 0 Å². The normalized spacial score (nSPS) is 17.6. The van der Waals surface area contributed by atoms with Crippen molar-refractivity contribution in [3.05, 3.63) is 59.4 Å². The lowest BCUT2D eigenvalue weighted by atomic mass is 10.0. The Balaban J connectivity index is 1.31. The Morgan fingerprint density at radius 2 is 1.91 bits per heavy atom. The summed E-state index contributed by atoms with van der Waals surface area (Å²) in [7, 11) is 0. The summed E-state index contributed by atoms with van der Waals surface area (Å²) in [5.74, 6) is 2.79. The molecule has 0 spiro atoms. The van der Waals surface area contributed by atoms with Crippen molar-refractivity contribution < 1.29 is 14.3 Å². The lowest BCUT2D eigenvalue weighted by Gasteiger charge is -2.26. The molecule has 0 aliphatic carbocycles. The zero-order valence-electron chi connectivity index (χ0n) is 18.3. The van der Waals surface area contributed by atoms with Crippen molar-refractivity contribution in [2.75, 3.05) is 25.5 Å². The van der Waals surface area contributed by atoms with Gasteiger partial charge in [0.2, 0.25) is 5.91 Å². The van der Waals surface area contributed by atoms with E-state index in [9.17, 15) is 4.79 Å². The molecule has 1 aromatic heterocycles. The number of aryl methyl sites for hydroxylation is 2. The number of carbonyl (C=O) groups is 1. The molecule has 0 N–H and O–H groups in total. The van der Waals surface area contributed by atoms with Gasteiger partial charge >= 0.3 is 0 Å². The fourth-order valence-corrected chi connectivity index (χ4v) is 5.29. The lowest BCUT2D eigenvalue weighted by Crippen LogP contribution is -2.32. The molecule has 0 saturated carbocycles. The SMILES string of the molecule is Cc1ccccc1-n1c(C)nnc1SCC(=O)N1CCC[C@@H]1c1ccc2c(c1)OCCO2. The maximum Gasteiger partial charge on any atom is 0.233 e. The van der Waals surface area contributed by atoms with E-state index in [2.05, 4.69) is 35.3 Å². The van der Waals surface area contributed by atoms with Crippen LogP contribution >= 0.6 is 11.8 Å². The van der Waals surface area contributed by atoms with Crippen molar-refractivity contribution in [1.82, 2.24) is 19.7 Å². The zero-order valence-corrected chi connectivity index (χ0v) is 19.1. The van der Waals surface area contributed by atoms with Crippen molar-refractivity contribution in [2.45, 2.75) is 37.9 Å². The highest BCUT2D eigenvalue weighted by Gasteiger charge is 2.31. The molecule has 2 aliphatic rings. The molecule has 3 heterocycles. The summed E-state index contributed by atoms with van der Waals surface area (Å²) in [6, 6.07) is 14.2. The number of rotatable bonds is 5. The number of ether oxygens (including phenoxy) is 2. The molecule has 0 radical (unpaired) electrons. The Morgan fingerprint density at radius 1 is 1.09 bits per heavy atom. The average Bonchev–Trinajstić information content (AvgIpc) is 3.45. The van der Waals surface area contributed by atoms with Gasteiger partial charge < -0.3 is 14.4 Å². The second-order valence-corrected chi connectivity index (χ2v) is 9.03. The van der Waals surface area contributed by atoms with E-state index in [1.54, 1.807) is 0 Å². The standard InChI is InChI=1S/C24H26N4O3S/c1-16-6-3-4-7-19(16)28-17(2)25-26-24(28)32-15-23(29)27-11-5-8-20(27)18-9-10-21-22(14-18)31-13-12-30-21/h3-4,6-7,9-10,14,20H,5,8,11-13,15H2,1-2H3/t20-/m1/s1. The summed E-state index contributed by atoms with van der Waals surface area (Å²) in [5.41, 5.74) is 3.28. The second kappa shape index (κ2) is 8.86. The summed E-state index contributed by atoms with van der Waals surface area (Å²) in [6.07, 6.45) is 1.95. The molecule has 0 unspecified atom stereocenters. The fourth-order valence-electron chi connectivity index (χ4n) is 4.42. The van der Waals surface area contributed by atoms with E-state index in [-0.39, 0.29) is 11.9 Å². The van der Waals surface area contributed by atoms with Crippen LogP contribution in [0.1, 0.15) is 35.8 Å². The first-order chi connectivity index (χ1) is 15.6. The molecule has 1 saturated heterocycles. The smallest absolute Gasteiger partial charge is 0.233 e. The predicted molar refractivity (Wildman–Crippen MR) is 123 cm³/mol. The van der Waals surface area contributed by atoms with Gasteiger partial charge in [-0.2, -0.15) is 0 Å². The number of hydrogen-bond donors (Lipinski definition) is 0. The van der Waals surface area contributed by atoms with Gasteiger partial charge in [-0.05, 0) is 56.0 Å². The zero-order chi connectivity index (χ0) is 22.1. The second-order valence-electron chi connectivity index (χ2n) is 8.09. The van der Waals surface area contributed by atoms with Gasteiger partial charge in [-0.1, -0.05) is 36.0 Å². The minimum atomic E-state index is 0.0647. The van der Waals surface area contributed by atoms with Gasteiger partial charge in [0.05, 0.1) is 17.5 Å². The highest BCUT2D eigenvalue weighted by molar-refractivity contribution is 7.99. The monoisotopic (exact) mass is 450 g/mol. The van der Waals surface area contributed by atoms with Crippen molar-refractivity contribution in [1.29, 1.82) is 0 Å². The van der Waals surface area contributed by atoms with Crippen LogP contribution in [0.15, 0.2) is 47.6 Å². The van der Waals surface area contributed by atoms with E-state index in [4.69, 9.17) is 9.47 Å². The first-order valence-electron chi connectivity index (χ1n) is 10.9. The summed E-state index contributed by atoms with van der Waals surface area (Å²) >= 11 is 1.44. The average molecular weight is 451 g/mol. The minimum absolute atomic E-state index is 0.0647. The van der Waals surface area contributed by atoms with Crippen molar-refractivity contribution in [3.8, 4) is 17.2 Å². The maximum atomic E-state index is 13.2. The third kappa shape index (κ3) is 3.95. The van der Waals surface area contributed by atoms with E-state index in [0.29, 0.717) is 19.0 Å². The van der Waals surface area contributed by atoms with Crippen LogP contribution < -0.4 is 9.47 Å². The largest absolute Gasteiger partial charge is 0.486 e. The topological polar surface area (TPSA) is 69.5 Å². The Labute approximate surface area is 191 Å². The molecule has 166 valence electrons. The molecule has 1 amide bonds. The van der Waals surface area contributed by atoms with Gasteiger partial charge in [0, 0.05) is 6.54 Å². The Morgan fingerprint density at radius 3 is 2.75 bits per heavy atom. The highest BCUT2D eigenvalue weighted by atomic mass is 32.2. The van der Waals surface area contributed by atoms with E-state index in [0.717, 1.165) is 58.7 Å². The lowest BCUT2D eigenvalue weighted by molar-refractivity contribution is -0.129. The van der Waals surface area contributed by atoms with Crippen LogP contribution in [0.4, 0.5) is 0 Å².